The van der Waals surface area contributed by atoms with Crippen molar-refractivity contribution >= 4 is 11.9 Å². The number of nitrogens with one attached hydrogen (secondary N) is 1. The number of fused-ring (bicyclic) bond motifs is 1. The molecule has 0 saturated carbocycles. The Bertz CT molecular complexity index is 808. The van der Waals surface area contributed by atoms with E-state index in [1.807, 2.05) is 45.0 Å². The predicted molar refractivity (Wildman–Crippen MR) is 97.9 cm³/mol. The van der Waals surface area contributed by atoms with Crippen molar-refractivity contribution in [3.63, 3.8) is 0 Å². The van der Waals surface area contributed by atoms with E-state index in [0.717, 1.165) is 17.7 Å². The molecule has 138 valence electrons. The standard InChI is InChI=1S/C19H24N4O3/c1-5-10-25-15-8-6-14(7-9-15)17-16(18(24)26-12(2)3)13(4)22-19-20-11-21-23(17)19/h6-9,11-12,17H,5,10H2,1-4H3,(H,20,21,22). The smallest absolute Gasteiger partial charge is 0.338 e. The molecule has 1 aliphatic rings. The van der Waals surface area contributed by atoms with Gasteiger partial charge >= 0.3 is 5.97 Å². The zero-order chi connectivity index (χ0) is 18.7. The molecule has 1 aliphatic heterocycles. The maximum absolute atomic E-state index is 12.7. The highest BCUT2D eigenvalue weighted by Crippen LogP contribution is 2.35. The molecule has 1 N–H and O–H groups in total. The fourth-order valence-corrected chi connectivity index (χ4v) is 2.91. The molecule has 2 heterocycles. The topological polar surface area (TPSA) is 78.3 Å². The van der Waals surface area contributed by atoms with Crippen LogP contribution in [-0.4, -0.2) is 33.4 Å². The lowest BCUT2D eigenvalue weighted by atomic mass is 9.95. The number of anilines is 1. The molecule has 26 heavy (non-hydrogen) atoms. The Morgan fingerprint density at radius 2 is 2.04 bits per heavy atom. The third-order valence-corrected chi connectivity index (χ3v) is 4.03. The highest BCUT2D eigenvalue weighted by atomic mass is 16.5. The van der Waals surface area contributed by atoms with Crippen LogP contribution in [0.5, 0.6) is 5.75 Å². The van der Waals surface area contributed by atoms with Crippen LogP contribution in [0.4, 0.5) is 5.95 Å². The second-order valence-electron chi connectivity index (χ2n) is 6.47. The van der Waals surface area contributed by atoms with E-state index in [-0.39, 0.29) is 12.1 Å². The fraction of sp³-hybridized carbons (Fsp3) is 0.421. The number of esters is 1. The van der Waals surface area contributed by atoms with Gasteiger partial charge in [0, 0.05) is 5.70 Å². The number of aromatic nitrogens is 3. The van der Waals surface area contributed by atoms with Gasteiger partial charge < -0.3 is 14.8 Å². The number of allylic oxidation sites excluding steroid dienone is 1. The quantitative estimate of drug-likeness (QED) is 0.800. The number of hydrogen-bond donors (Lipinski definition) is 1. The molecule has 2 aromatic rings. The molecule has 0 aliphatic carbocycles. The Kier molecular flexibility index (Phi) is 5.25. The molecule has 0 fully saturated rings. The predicted octanol–water partition coefficient (Wildman–Crippen LogP) is 3.31. The molecule has 1 unspecified atom stereocenters. The Hall–Kier alpha value is -2.83. The van der Waals surface area contributed by atoms with Crippen LogP contribution >= 0.6 is 0 Å². The lowest BCUT2D eigenvalue weighted by Crippen LogP contribution is -2.30. The van der Waals surface area contributed by atoms with E-state index in [9.17, 15) is 4.79 Å². The van der Waals surface area contributed by atoms with Gasteiger partial charge in [-0.1, -0.05) is 19.1 Å². The summed E-state index contributed by atoms with van der Waals surface area (Å²) in [6.07, 6.45) is 2.22. The lowest BCUT2D eigenvalue weighted by Gasteiger charge is -2.28. The molecule has 3 rings (SSSR count). The maximum Gasteiger partial charge on any atom is 0.338 e. The summed E-state index contributed by atoms with van der Waals surface area (Å²) in [4.78, 5) is 17.0. The largest absolute Gasteiger partial charge is 0.494 e. The third-order valence-electron chi connectivity index (χ3n) is 4.03. The van der Waals surface area contributed by atoms with E-state index in [4.69, 9.17) is 9.47 Å². The van der Waals surface area contributed by atoms with Crippen molar-refractivity contribution < 1.29 is 14.3 Å². The normalized spacial score (nSPS) is 16.3. The molecule has 1 aromatic carbocycles. The van der Waals surface area contributed by atoms with Gasteiger partial charge in [-0.05, 0) is 44.9 Å². The average Bonchev–Trinajstić information content (AvgIpc) is 3.06. The maximum atomic E-state index is 12.7. The molecule has 7 heteroatoms. The monoisotopic (exact) mass is 356 g/mol. The first-order chi connectivity index (χ1) is 12.5. The van der Waals surface area contributed by atoms with Gasteiger partial charge in [0.15, 0.2) is 0 Å². The van der Waals surface area contributed by atoms with Crippen LogP contribution in [0.3, 0.4) is 0 Å². The SMILES string of the molecule is CCCOc1ccc(C2C(C(=O)OC(C)C)=C(C)Nc3ncnn32)cc1. The number of rotatable bonds is 6. The summed E-state index contributed by atoms with van der Waals surface area (Å²) in [5.41, 5.74) is 2.16. The van der Waals surface area contributed by atoms with Crippen molar-refractivity contribution in [3.8, 4) is 5.75 Å². The zero-order valence-electron chi connectivity index (χ0n) is 15.5. The molecular formula is C19H24N4O3. The summed E-state index contributed by atoms with van der Waals surface area (Å²) in [6, 6.07) is 7.31. The molecule has 1 atom stereocenters. The molecule has 7 nitrogen and oxygen atoms in total. The van der Waals surface area contributed by atoms with Gasteiger partial charge in [-0.2, -0.15) is 10.1 Å². The molecular weight excluding hydrogens is 332 g/mol. The average molecular weight is 356 g/mol. The van der Waals surface area contributed by atoms with Crippen molar-refractivity contribution in [2.24, 2.45) is 0 Å². The summed E-state index contributed by atoms with van der Waals surface area (Å²) in [7, 11) is 0. The van der Waals surface area contributed by atoms with E-state index >= 15 is 0 Å². The number of hydrogen-bond acceptors (Lipinski definition) is 6. The highest BCUT2D eigenvalue weighted by Gasteiger charge is 2.34. The number of ether oxygens (including phenoxy) is 2. The number of benzene rings is 1. The summed E-state index contributed by atoms with van der Waals surface area (Å²) < 4.78 is 12.8. The van der Waals surface area contributed by atoms with E-state index in [1.54, 1.807) is 4.68 Å². The summed E-state index contributed by atoms with van der Waals surface area (Å²) in [5, 5.41) is 7.43. The van der Waals surface area contributed by atoms with E-state index in [0.29, 0.717) is 23.8 Å². The molecule has 0 bridgehead atoms. The first kappa shape index (κ1) is 18.0. The molecule has 0 radical (unpaired) electrons. The second-order valence-corrected chi connectivity index (χ2v) is 6.47. The summed E-state index contributed by atoms with van der Waals surface area (Å²) in [6.45, 7) is 8.25. The Labute approximate surface area is 153 Å². The van der Waals surface area contributed by atoms with Gasteiger partial charge in [-0.15, -0.1) is 0 Å². The van der Waals surface area contributed by atoms with Crippen molar-refractivity contribution in [2.45, 2.75) is 46.3 Å². The fourth-order valence-electron chi connectivity index (χ4n) is 2.91. The van der Waals surface area contributed by atoms with E-state index < -0.39 is 6.04 Å². The van der Waals surface area contributed by atoms with Gasteiger partial charge in [-0.25, -0.2) is 9.48 Å². The van der Waals surface area contributed by atoms with E-state index in [1.165, 1.54) is 6.33 Å². The number of carbonyl (C=O) groups excluding carboxylic acids is 1. The van der Waals surface area contributed by atoms with Crippen LogP contribution in [-0.2, 0) is 9.53 Å². The van der Waals surface area contributed by atoms with Gasteiger partial charge in [-0.3, -0.25) is 0 Å². The molecule has 0 amide bonds. The van der Waals surface area contributed by atoms with Crippen LogP contribution in [0, 0.1) is 0 Å². The van der Waals surface area contributed by atoms with E-state index in [2.05, 4.69) is 22.3 Å². The molecule has 1 aromatic heterocycles. The van der Waals surface area contributed by atoms with Crippen LogP contribution in [0.2, 0.25) is 0 Å². The minimum Gasteiger partial charge on any atom is -0.494 e. The summed E-state index contributed by atoms with van der Waals surface area (Å²) in [5.74, 6) is 1.04. The minimum absolute atomic E-state index is 0.203. The van der Waals surface area contributed by atoms with Gasteiger partial charge in [0.1, 0.15) is 18.1 Å². The van der Waals surface area contributed by atoms with Crippen molar-refractivity contribution in [2.75, 3.05) is 11.9 Å². The number of nitrogens with zero attached hydrogens (tertiary/aromatic N) is 3. The second kappa shape index (κ2) is 7.59. The van der Waals surface area contributed by atoms with Crippen LogP contribution in [0.25, 0.3) is 0 Å². The molecule has 0 saturated heterocycles. The van der Waals surface area contributed by atoms with Crippen LogP contribution in [0.15, 0.2) is 41.9 Å². The Balaban J connectivity index is 1.99. The van der Waals surface area contributed by atoms with Crippen molar-refractivity contribution in [1.82, 2.24) is 14.8 Å². The van der Waals surface area contributed by atoms with Crippen molar-refractivity contribution in [1.29, 1.82) is 0 Å². The van der Waals surface area contributed by atoms with Gasteiger partial charge in [0.25, 0.3) is 0 Å². The lowest BCUT2D eigenvalue weighted by molar-refractivity contribution is -0.143. The first-order valence-electron chi connectivity index (χ1n) is 8.82. The first-order valence-corrected chi connectivity index (χ1v) is 8.82. The van der Waals surface area contributed by atoms with Crippen LogP contribution in [0.1, 0.15) is 45.7 Å². The Morgan fingerprint density at radius 3 is 2.69 bits per heavy atom. The molecule has 0 spiro atoms. The van der Waals surface area contributed by atoms with Crippen molar-refractivity contribution in [3.05, 3.63) is 47.4 Å². The summed E-state index contributed by atoms with van der Waals surface area (Å²) >= 11 is 0. The number of carbonyl (C=O) groups is 1. The van der Waals surface area contributed by atoms with Crippen LogP contribution < -0.4 is 10.1 Å². The third kappa shape index (κ3) is 3.56. The Morgan fingerprint density at radius 1 is 1.31 bits per heavy atom. The minimum atomic E-state index is -0.403. The van der Waals surface area contributed by atoms with Gasteiger partial charge in [0.2, 0.25) is 5.95 Å². The zero-order valence-corrected chi connectivity index (χ0v) is 15.5. The highest BCUT2D eigenvalue weighted by molar-refractivity contribution is 5.92. The van der Waals surface area contributed by atoms with Gasteiger partial charge in [0.05, 0.1) is 18.3 Å².